The summed E-state index contributed by atoms with van der Waals surface area (Å²) in [5.41, 5.74) is 5.93. The van der Waals surface area contributed by atoms with Gasteiger partial charge in [0.05, 0.1) is 0 Å². The number of halogens is 3. The summed E-state index contributed by atoms with van der Waals surface area (Å²) in [5, 5.41) is 3.22. The predicted octanol–water partition coefficient (Wildman–Crippen LogP) is -0.921. The van der Waals surface area contributed by atoms with Crippen molar-refractivity contribution >= 4 is 29.2 Å². The van der Waals surface area contributed by atoms with E-state index in [0.29, 0.717) is 4.22 Å². The van der Waals surface area contributed by atoms with Crippen molar-refractivity contribution in [2.45, 2.75) is 30.0 Å². The van der Waals surface area contributed by atoms with Gasteiger partial charge < -0.3 is 24.8 Å². The number of rotatable bonds is 3. The Hall–Kier alpha value is 0.241. The third kappa shape index (κ3) is 2.46. The summed E-state index contributed by atoms with van der Waals surface area (Å²) in [7, 11) is -1.69. The molecule has 0 nitrogen and oxygen atoms in total. The fourth-order valence-electron chi connectivity index (χ4n) is 3.79. The molecule has 0 radical (unpaired) electrons. The van der Waals surface area contributed by atoms with Gasteiger partial charge in [0, 0.05) is 0 Å². The first kappa shape index (κ1) is 18.6. The Morgan fingerprint density at radius 3 is 2.73 bits per heavy atom. The second kappa shape index (κ2) is 6.63. The summed E-state index contributed by atoms with van der Waals surface area (Å²) < 4.78 is 0.561. The van der Waals surface area contributed by atoms with Crippen molar-refractivity contribution in [3.05, 3.63) is 58.3 Å². The van der Waals surface area contributed by atoms with Crippen LogP contribution in [0.15, 0.2) is 41.6 Å². The normalized spacial score (nSPS) is 26.9. The van der Waals surface area contributed by atoms with Crippen LogP contribution in [0.3, 0.4) is 0 Å². The molecule has 0 bridgehead atoms. The van der Waals surface area contributed by atoms with Crippen LogP contribution in [0, 0.1) is 0 Å². The van der Waals surface area contributed by atoms with Gasteiger partial charge in [-0.1, -0.05) is 0 Å². The van der Waals surface area contributed by atoms with E-state index in [2.05, 4.69) is 63.8 Å². The molecule has 113 valence electrons. The van der Waals surface area contributed by atoms with Gasteiger partial charge in [0.15, 0.2) is 0 Å². The van der Waals surface area contributed by atoms with Crippen molar-refractivity contribution < 1.29 is 45.2 Å². The molecule has 0 aromatic heterocycles. The molecule has 2 atom stereocenters. The van der Waals surface area contributed by atoms with Gasteiger partial charge in [0.2, 0.25) is 0 Å². The third-order valence-corrected chi connectivity index (χ3v) is 11.5. The molecule has 0 spiro atoms. The summed E-state index contributed by atoms with van der Waals surface area (Å²) >= 11 is 9.39. The Balaban J connectivity index is 0.000000882. The molecule has 0 N–H and O–H groups in total. The van der Waals surface area contributed by atoms with Crippen LogP contribution in [0.2, 0.25) is 6.04 Å². The molecule has 0 amide bonds. The van der Waals surface area contributed by atoms with Gasteiger partial charge >= 0.3 is 138 Å². The van der Waals surface area contributed by atoms with Crippen LogP contribution in [0.4, 0.5) is 0 Å². The van der Waals surface area contributed by atoms with E-state index in [1.54, 1.807) is 10.4 Å². The fraction of sp³-hybridized carbons (Fsp3) is 0.294. The van der Waals surface area contributed by atoms with E-state index < -0.39 is 7.38 Å². The molecule has 1 aromatic carbocycles. The monoisotopic (exact) mass is 401 g/mol. The molecular weight excluding hydrogens is 386 g/mol. The first-order chi connectivity index (χ1) is 9.68. The topological polar surface area (TPSA) is 0 Å². The average Bonchev–Trinajstić information content (AvgIpc) is 2.85. The molecule has 0 fully saturated rings. The van der Waals surface area contributed by atoms with Gasteiger partial charge in [-0.3, -0.25) is 0 Å². The molecule has 5 heteroatoms. The molecule has 0 saturated carbocycles. The molecule has 22 heavy (non-hydrogen) atoms. The van der Waals surface area contributed by atoms with Gasteiger partial charge in [-0.25, -0.2) is 0 Å². The Morgan fingerprint density at radius 1 is 1.32 bits per heavy atom. The first-order valence-electron chi connectivity index (χ1n) is 7.33. The summed E-state index contributed by atoms with van der Waals surface area (Å²) in [6.07, 6.45) is 8.95. The SMILES string of the molecule is CCC[Si]1(Cl)C2=C1[CH]([Ti+2])c1cccc(C3=CC=CC3)c12.[Cl-].[Cl-]. The maximum absolute atomic E-state index is 7.04. The van der Waals surface area contributed by atoms with E-state index in [-0.39, 0.29) is 24.8 Å². The Morgan fingerprint density at radius 2 is 2.09 bits per heavy atom. The molecular formula is C17H16Cl3SiTi. The summed E-state index contributed by atoms with van der Waals surface area (Å²) in [5.74, 6) is 0. The van der Waals surface area contributed by atoms with Crippen LogP contribution in [0.1, 0.15) is 40.7 Å². The summed E-state index contributed by atoms with van der Waals surface area (Å²) in [6.45, 7) is 2.26. The Kier molecular flexibility index (Phi) is 5.60. The van der Waals surface area contributed by atoms with Crippen LogP contribution in [-0.4, -0.2) is 7.38 Å². The number of allylic oxidation sites excluding steroid dienone is 5. The summed E-state index contributed by atoms with van der Waals surface area (Å²) in [6, 6.07) is 8.02. The third-order valence-electron chi connectivity index (χ3n) is 4.69. The van der Waals surface area contributed by atoms with E-state index in [4.69, 9.17) is 11.1 Å². The molecule has 1 heterocycles. The minimum absolute atomic E-state index is 0. The first-order valence-corrected chi connectivity index (χ1v) is 11.4. The largest absolute Gasteiger partial charge is 1.00 e. The number of hydrogen-bond acceptors (Lipinski definition) is 0. The number of hydrogen-bond donors (Lipinski definition) is 0. The Labute approximate surface area is 162 Å². The van der Waals surface area contributed by atoms with Crippen molar-refractivity contribution in [1.82, 2.24) is 0 Å². The fourth-order valence-corrected chi connectivity index (χ4v) is 11.9. The average molecular weight is 403 g/mol. The van der Waals surface area contributed by atoms with Crippen molar-refractivity contribution in [3.8, 4) is 0 Å². The molecule has 2 aliphatic carbocycles. The number of fused-ring (bicyclic) bond motifs is 2. The second-order valence-corrected chi connectivity index (χ2v) is 11.8. The van der Waals surface area contributed by atoms with Crippen molar-refractivity contribution in [2.24, 2.45) is 0 Å². The quantitative estimate of drug-likeness (QED) is 0.453. The summed E-state index contributed by atoms with van der Waals surface area (Å²) in [4.78, 5) is 0. The van der Waals surface area contributed by atoms with Crippen molar-refractivity contribution in [2.75, 3.05) is 0 Å². The van der Waals surface area contributed by atoms with Gasteiger partial charge in [-0.2, -0.15) is 0 Å². The molecule has 1 aromatic rings. The van der Waals surface area contributed by atoms with Gasteiger partial charge in [-0.15, -0.1) is 0 Å². The molecule has 0 saturated heterocycles. The van der Waals surface area contributed by atoms with Gasteiger partial charge in [0.1, 0.15) is 0 Å². The van der Waals surface area contributed by atoms with E-state index in [1.807, 2.05) is 0 Å². The minimum atomic E-state index is -1.69. The van der Waals surface area contributed by atoms with Crippen molar-refractivity contribution in [3.63, 3.8) is 0 Å². The van der Waals surface area contributed by atoms with Crippen LogP contribution in [-0.2, 0) is 20.4 Å². The zero-order valence-electron chi connectivity index (χ0n) is 12.3. The van der Waals surface area contributed by atoms with Crippen molar-refractivity contribution in [1.29, 1.82) is 0 Å². The van der Waals surface area contributed by atoms with E-state index in [9.17, 15) is 0 Å². The molecule has 1 aliphatic heterocycles. The van der Waals surface area contributed by atoms with E-state index in [1.165, 1.54) is 34.7 Å². The maximum Gasteiger partial charge on any atom is -1.00 e. The maximum atomic E-state index is 7.04. The zero-order valence-corrected chi connectivity index (χ0v) is 17.1. The van der Waals surface area contributed by atoms with Crippen LogP contribution in [0.5, 0.6) is 0 Å². The van der Waals surface area contributed by atoms with Gasteiger partial charge in [-0.05, 0) is 0 Å². The van der Waals surface area contributed by atoms with E-state index >= 15 is 0 Å². The standard InChI is InChI=1S/C17H16ClSi.2ClH.Ti/c1-2-10-19(18)15-11-13-8-5-9-14(16(13)17(15)19)12-6-3-4-7-12;;;/h3-6,8-9,11H,2,7,10H2,1H3;2*1H;/q;;;+2/p-2. The number of benzene rings is 1. The van der Waals surface area contributed by atoms with Gasteiger partial charge in [0.25, 0.3) is 0 Å². The van der Waals surface area contributed by atoms with Crippen LogP contribution < -0.4 is 24.8 Å². The van der Waals surface area contributed by atoms with Crippen LogP contribution in [0.25, 0.3) is 10.8 Å². The molecule has 4 rings (SSSR count). The van der Waals surface area contributed by atoms with Crippen LogP contribution >= 0.6 is 11.1 Å². The predicted molar refractivity (Wildman–Crippen MR) is 84.5 cm³/mol. The second-order valence-electron chi connectivity index (χ2n) is 5.87. The Bertz CT molecular complexity index is 708. The van der Waals surface area contributed by atoms with E-state index in [0.717, 1.165) is 6.42 Å². The molecule has 2 unspecified atom stereocenters. The minimum Gasteiger partial charge on any atom is -1.00 e. The molecule has 3 aliphatic rings. The zero-order chi connectivity index (χ0) is 13.9. The smallest absolute Gasteiger partial charge is 1.00 e.